The molecule has 3 aliphatic rings. The maximum Gasteiger partial charge on any atom is 0.290 e. The van der Waals surface area contributed by atoms with Crippen LogP contribution in [0, 0.1) is 23.6 Å². The summed E-state index contributed by atoms with van der Waals surface area (Å²) in [5, 5.41) is 0. The molecule has 0 radical (unpaired) electrons. The zero-order valence-corrected chi connectivity index (χ0v) is 16.5. The molecule has 1 amide bonds. The van der Waals surface area contributed by atoms with Crippen molar-refractivity contribution in [3.05, 3.63) is 47.0 Å². The molecule has 1 aromatic carbocycles. The minimum Gasteiger partial charge on any atom is -0.483 e. The Morgan fingerprint density at radius 1 is 1.18 bits per heavy atom. The fourth-order valence-electron chi connectivity index (χ4n) is 4.75. The highest BCUT2D eigenvalue weighted by molar-refractivity contribution is 6.11. The molecule has 28 heavy (non-hydrogen) atoms. The molecule has 1 aromatic rings. The van der Waals surface area contributed by atoms with Gasteiger partial charge in [0.15, 0.2) is 11.5 Å². The van der Waals surface area contributed by atoms with Crippen LogP contribution in [0.2, 0.25) is 0 Å². The number of Topliss-reactive ketones (excluding diaryl/α,β-unsaturated/α-hetero) is 1. The van der Waals surface area contributed by atoms with Crippen molar-refractivity contribution < 1.29 is 23.5 Å². The summed E-state index contributed by atoms with van der Waals surface area (Å²) >= 11 is 0. The monoisotopic (exact) mass is 387 g/mol. The molecule has 2 heterocycles. The van der Waals surface area contributed by atoms with Gasteiger partial charge in [0.2, 0.25) is 0 Å². The lowest BCUT2D eigenvalue weighted by molar-refractivity contribution is -0.137. The summed E-state index contributed by atoms with van der Waals surface area (Å²) in [6.45, 7) is 4.87. The predicted molar refractivity (Wildman–Crippen MR) is 101 cm³/mol. The molecule has 5 nitrogen and oxygen atoms in total. The smallest absolute Gasteiger partial charge is 0.290 e. The maximum atomic E-state index is 14.7. The highest BCUT2D eigenvalue weighted by Crippen LogP contribution is 2.48. The molecular formula is C22H26FNO4. The fraction of sp³-hybridized carbons (Fsp3) is 0.545. The van der Waals surface area contributed by atoms with Gasteiger partial charge in [-0.2, -0.15) is 0 Å². The topological polar surface area (TPSA) is 55.8 Å². The van der Waals surface area contributed by atoms with Crippen LogP contribution in [0.4, 0.5) is 4.39 Å². The Kier molecular flexibility index (Phi) is 5.00. The number of ether oxygens (including phenoxy) is 2. The van der Waals surface area contributed by atoms with Gasteiger partial charge in [0.1, 0.15) is 11.9 Å². The Bertz CT molecular complexity index is 836. The van der Waals surface area contributed by atoms with Gasteiger partial charge in [-0.15, -0.1) is 0 Å². The number of hydrogen-bond acceptors (Lipinski definition) is 4. The van der Waals surface area contributed by atoms with Crippen molar-refractivity contribution >= 4 is 11.7 Å². The number of halogens is 1. The molecule has 0 aromatic heterocycles. The van der Waals surface area contributed by atoms with Crippen LogP contribution < -0.4 is 0 Å². The van der Waals surface area contributed by atoms with Gasteiger partial charge in [-0.25, -0.2) is 4.39 Å². The van der Waals surface area contributed by atoms with Crippen LogP contribution in [0.1, 0.15) is 38.3 Å². The van der Waals surface area contributed by atoms with Gasteiger partial charge in [0, 0.05) is 19.2 Å². The molecule has 4 rings (SSSR count). The number of fused-ring (bicyclic) bond motifs is 1. The molecule has 0 saturated heterocycles. The summed E-state index contributed by atoms with van der Waals surface area (Å²) in [4.78, 5) is 28.1. The van der Waals surface area contributed by atoms with Crippen LogP contribution in [0.15, 0.2) is 35.6 Å². The maximum absolute atomic E-state index is 14.7. The molecular weight excluding hydrogens is 361 g/mol. The van der Waals surface area contributed by atoms with E-state index in [1.807, 2.05) is 0 Å². The van der Waals surface area contributed by atoms with Crippen LogP contribution in [-0.2, 0) is 19.1 Å². The fourth-order valence-corrected chi connectivity index (χ4v) is 4.75. The van der Waals surface area contributed by atoms with Gasteiger partial charge in [0.05, 0.1) is 24.1 Å². The van der Waals surface area contributed by atoms with Crippen molar-refractivity contribution in [3.63, 3.8) is 0 Å². The van der Waals surface area contributed by atoms with Gasteiger partial charge >= 0.3 is 0 Å². The van der Waals surface area contributed by atoms with E-state index in [2.05, 4.69) is 13.8 Å². The normalized spacial score (nSPS) is 32.3. The van der Waals surface area contributed by atoms with Crippen molar-refractivity contribution in [1.82, 2.24) is 4.90 Å². The Morgan fingerprint density at radius 2 is 1.89 bits per heavy atom. The third kappa shape index (κ3) is 2.94. The minimum atomic E-state index is -0.762. The number of ketones is 1. The lowest BCUT2D eigenvalue weighted by atomic mass is 9.70. The Morgan fingerprint density at radius 3 is 2.61 bits per heavy atom. The Hall–Kier alpha value is -2.21. The third-order valence-corrected chi connectivity index (χ3v) is 6.54. The SMILES string of the molecule is COCCN1C(=O)C2=C(C(=O)C3CC(C)C(C)CC3O2)C1c1ccccc1F. The van der Waals surface area contributed by atoms with Crippen LogP contribution in [0.3, 0.4) is 0 Å². The van der Waals surface area contributed by atoms with E-state index in [9.17, 15) is 14.0 Å². The number of rotatable bonds is 4. The van der Waals surface area contributed by atoms with Crippen LogP contribution in [0.5, 0.6) is 0 Å². The van der Waals surface area contributed by atoms with E-state index < -0.39 is 11.9 Å². The first-order chi connectivity index (χ1) is 13.4. The van der Waals surface area contributed by atoms with E-state index in [4.69, 9.17) is 9.47 Å². The molecule has 0 N–H and O–H groups in total. The molecule has 1 saturated carbocycles. The Labute approximate surface area is 164 Å². The molecule has 5 unspecified atom stereocenters. The molecule has 2 aliphatic heterocycles. The minimum absolute atomic E-state index is 0.0634. The molecule has 0 bridgehead atoms. The quantitative estimate of drug-likeness (QED) is 0.796. The van der Waals surface area contributed by atoms with Crippen LogP contribution in [0.25, 0.3) is 0 Å². The van der Waals surface area contributed by atoms with Crippen molar-refractivity contribution in [2.75, 3.05) is 20.3 Å². The van der Waals surface area contributed by atoms with E-state index in [0.717, 1.165) is 12.8 Å². The van der Waals surface area contributed by atoms with E-state index in [1.165, 1.54) is 11.0 Å². The molecule has 150 valence electrons. The van der Waals surface area contributed by atoms with Gasteiger partial charge < -0.3 is 14.4 Å². The van der Waals surface area contributed by atoms with E-state index in [1.54, 1.807) is 25.3 Å². The molecule has 0 spiro atoms. The number of amides is 1. The highest BCUT2D eigenvalue weighted by Gasteiger charge is 2.53. The number of hydrogen-bond donors (Lipinski definition) is 0. The zero-order valence-electron chi connectivity index (χ0n) is 16.5. The third-order valence-electron chi connectivity index (χ3n) is 6.54. The zero-order chi connectivity index (χ0) is 20.0. The average Bonchev–Trinajstić information content (AvgIpc) is 2.94. The first-order valence-corrected chi connectivity index (χ1v) is 9.93. The first-order valence-electron chi connectivity index (χ1n) is 9.93. The van der Waals surface area contributed by atoms with Gasteiger partial charge in [-0.05, 0) is 30.7 Å². The molecule has 1 fully saturated rings. The van der Waals surface area contributed by atoms with E-state index in [-0.39, 0.29) is 36.0 Å². The Balaban J connectivity index is 1.78. The van der Waals surface area contributed by atoms with Gasteiger partial charge in [0.25, 0.3) is 5.91 Å². The first kappa shape index (κ1) is 19.1. The summed E-state index contributed by atoms with van der Waals surface area (Å²) in [6, 6.07) is 5.55. The summed E-state index contributed by atoms with van der Waals surface area (Å²) < 4.78 is 25.9. The molecule has 5 atom stereocenters. The average molecular weight is 387 g/mol. The van der Waals surface area contributed by atoms with Crippen molar-refractivity contribution in [1.29, 1.82) is 0 Å². The standard InChI is InChI=1S/C22H26FNO4/c1-12-10-15-17(11-13(12)2)28-21-18(20(15)25)19(14-6-4-5-7-16(14)23)24(22(21)26)8-9-27-3/h4-7,12-13,15,17,19H,8-11H2,1-3H3. The van der Waals surface area contributed by atoms with Crippen molar-refractivity contribution in [2.24, 2.45) is 17.8 Å². The second-order valence-electron chi connectivity index (χ2n) is 8.21. The van der Waals surface area contributed by atoms with Crippen LogP contribution in [-0.4, -0.2) is 43.0 Å². The lowest BCUT2D eigenvalue weighted by Crippen LogP contribution is -2.43. The highest BCUT2D eigenvalue weighted by atomic mass is 19.1. The lowest BCUT2D eigenvalue weighted by Gasteiger charge is -2.40. The van der Waals surface area contributed by atoms with Crippen molar-refractivity contribution in [2.45, 2.75) is 38.8 Å². The molecule has 1 aliphatic carbocycles. The van der Waals surface area contributed by atoms with Crippen molar-refractivity contribution in [3.8, 4) is 0 Å². The van der Waals surface area contributed by atoms with E-state index in [0.29, 0.717) is 29.6 Å². The van der Waals surface area contributed by atoms with Gasteiger partial charge in [-0.1, -0.05) is 32.0 Å². The molecule has 6 heteroatoms. The number of carbonyl (C=O) groups is 2. The number of carbonyl (C=O) groups excluding carboxylic acids is 2. The largest absolute Gasteiger partial charge is 0.483 e. The van der Waals surface area contributed by atoms with Gasteiger partial charge in [-0.3, -0.25) is 9.59 Å². The summed E-state index contributed by atoms with van der Waals surface area (Å²) in [5.41, 5.74) is 0.638. The number of methoxy groups -OCH3 is 1. The summed E-state index contributed by atoms with van der Waals surface area (Å²) in [5.74, 6) is -0.169. The second-order valence-corrected chi connectivity index (χ2v) is 8.21. The van der Waals surface area contributed by atoms with Crippen LogP contribution >= 0.6 is 0 Å². The number of benzene rings is 1. The second kappa shape index (κ2) is 7.32. The summed E-state index contributed by atoms with van der Waals surface area (Å²) in [7, 11) is 1.55. The number of nitrogens with zero attached hydrogens (tertiary/aromatic N) is 1. The van der Waals surface area contributed by atoms with E-state index >= 15 is 0 Å². The summed E-state index contributed by atoms with van der Waals surface area (Å²) in [6.07, 6.45) is 1.21. The predicted octanol–water partition coefficient (Wildman–Crippen LogP) is 3.26.